The molecule has 0 aliphatic heterocycles. The van der Waals surface area contributed by atoms with Gasteiger partial charge in [-0.15, -0.1) is 0 Å². The summed E-state index contributed by atoms with van der Waals surface area (Å²) >= 11 is 0. The van der Waals surface area contributed by atoms with Crippen LogP contribution in [0.3, 0.4) is 0 Å². The molecular weight excluding hydrogens is 240 g/mol. The Morgan fingerprint density at radius 3 is 2.22 bits per heavy atom. The molecule has 0 fully saturated rings. The van der Waals surface area contributed by atoms with Crippen molar-refractivity contribution in [3.05, 3.63) is 35.4 Å². The number of carbonyl (C=O) groups is 1. The number of carboxylic acid groups (broad SMARTS) is 1. The number of alkyl halides is 2. The standard InChI is InChI=1S/C13H17F2NO2/c1-8(2)11(13(17)18)16-7-9-3-5-10(6-4-9)12(14)15/h3-6,8,11-12,16H,7H2,1-2H3,(H,17,18). The van der Waals surface area contributed by atoms with Gasteiger partial charge in [0.2, 0.25) is 0 Å². The number of aliphatic carboxylic acids is 1. The van der Waals surface area contributed by atoms with Gasteiger partial charge in [-0.3, -0.25) is 4.79 Å². The quantitative estimate of drug-likeness (QED) is 0.823. The number of carboxylic acids is 1. The zero-order chi connectivity index (χ0) is 13.7. The van der Waals surface area contributed by atoms with Crippen LogP contribution < -0.4 is 5.32 Å². The van der Waals surface area contributed by atoms with Gasteiger partial charge in [0.1, 0.15) is 6.04 Å². The second-order valence-electron chi connectivity index (χ2n) is 4.48. The summed E-state index contributed by atoms with van der Waals surface area (Å²) in [6.45, 7) is 3.97. The zero-order valence-corrected chi connectivity index (χ0v) is 10.4. The first kappa shape index (κ1) is 14.6. The summed E-state index contributed by atoms with van der Waals surface area (Å²) in [5, 5.41) is 11.9. The lowest BCUT2D eigenvalue weighted by molar-refractivity contribution is -0.140. The van der Waals surface area contributed by atoms with Crippen molar-refractivity contribution in [3.8, 4) is 0 Å². The molecule has 0 amide bonds. The lowest BCUT2D eigenvalue weighted by atomic mass is 10.0. The molecule has 1 rings (SSSR count). The fraction of sp³-hybridized carbons (Fsp3) is 0.462. The molecule has 1 unspecified atom stereocenters. The molecule has 100 valence electrons. The third-order valence-electron chi connectivity index (χ3n) is 2.69. The molecule has 1 aromatic carbocycles. The maximum Gasteiger partial charge on any atom is 0.320 e. The summed E-state index contributed by atoms with van der Waals surface area (Å²) in [7, 11) is 0. The lowest BCUT2D eigenvalue weighted by Gasteiger charge is -2.17. The van der Waals surface area contributed by atoms with Crippen LogP contribution >= 0.6 is 0 Å². The first-order chi connectivity index (χ1) is 8.41. The molecule has 0 aliphatic carbocycles. The Balaban J connectivity index is 2.60. The molecule has 3 nitrogen and oxygen atoms in total. The maximum absolute atomic E-state index is 12.3. The van der Waals surface area contributed by atoms with Gasteiger partial charge in [0.15, 0.2) is 0 Å². The first-order valence-electron chi connectivity index (χ1n) is 5.75. The molecule has 1 atom stereocenters. The highest BCUT2D eigenvalue weighted by molar-refractivity contribution is 5.73. The van der Waals surface area contributed by atoms with Crippen molar-refractivity contribution >= 4 is 5.97 Å². The molecule has 0 heterocycles. The fourth-order valence-corrected chi connectivity index (χ4v) is 1.62. The van der Waals surface area contributed by atoms with Gasteiger partial charge in [0, 0.05) is 12.1 Å². The zero-order valence-electron chi connectivity index (χ0n) is 10.4. The molecule has 0 saturated carbocycles. The van der Waals surface area contributed by atoms with E-state index < -0.39 is 18.4 Å². The van der Waals surface area contributed by atoms with E-state index in [4.69, 9.17) is 5.11 Å². The van der Waals surface area contributed by atoms with E-state index in [0.717, 1.165) is 5.56 Å². The Labute approximate surface area is 105 Å². The molecule has 0 radical (unpaired) electrons. The average molecular weight is 257 g/mol. The number of nitrogens with one attached hydrogen (secondary N) is 1. The van der Waals surface area contributed by atoms with E-state index in [0.29, 0.717) is 6.54 Å². The Bertz CT molecular complexity index is 390. The maximum atomic E-state index is 12.3. The van der Waals surface area contributed by atoms with E-state index in [9.17, 15) is 13.6 Å². The number of rotatable bonds is 6. The van der Waals surface area contributed by atoms with Gasteiger partial charge in [-0.1, -0.05) is 38.1 Å². The number of benzene rings is 1. The summed E-state index contributed by atoms with van der Waals surface area (Å²) in [4.78, 5) is 10.9. The molecule has 5 heteroatoms. The first-order valence-corrected chi connectivity index (χ1v) is 5.75. The van der Waals surface area contributed by atoms with Crippen molar-refractivity contribution in [3.63, 3.8) is 0 Å². The Hall–Kier alpha value is -1.49. The summed E-state index contributed by atoms with van der Waals surface area (Å²) < 4.78 is 24.7. The van der Waals surface area contributed by atoms with Crippen LogP contribution in [0, 0.1) is 5.92 Å². The molecule has 2 N–H and O–H groups in total. The SMILES string of the molecule is CC(C)C(NCc1ccc(C(F)F)cc1)C(=O)O. The van der Waals surface area contributed by atoms with Crippen molar-refractivity contribution in [2.75, 3.05) is 0 Å². The smallest absolute Gasteiger partial charge is 0.320 e. The van der Waals surface area contributed by atoms with E-state index in [2.05, 4.69) is 5.32 Å². The second-order valence-corrected chi connectivity index (χ2v) is 4.48. The minimum Gasteiger partial charge on any atom is -0.480 e. The normalized spacial score (nSPS) is 13.0. The summed E-state index contributed by atoms with van der Waals surface area (Å²) in [5.74, 6) is -0.947. The van der Waals surface area contributed by atoms with Crippen molar-refractivity contribution in [1.82, 2.24) is 5.32 Å². The molecule has 0 saturated heterocycles. The summed E-state index contributed by atoms with van der Waals surface area (Å²) in [6.07, 6.45) is -2.48. The molecular formula is C13H17F2NO2. The van der Waals surface area contributed by atoms with Crippen molar-refractivity contribution in [2.45, 2.75) is 32.9 Å². The predicted molar refractivity (Wildman–Crippen MR) is 64.5 cm³/mol. The molecule has 0 aromatic heterocycles. The van der Waals surface area contributed by atoms with Gasteiger partial charge in [0.25, 0.3) is 6.43 Å². The van der Waals surface area contributed by atoms with Gasteiger partial charge in [-0.25, -0.2) is 8.78 Å². The van der Waals surface area contributed by atoms with Crippen LogP contribution in [0.4, 0.5) is 8.78 Å². The van der Waals surface area contributed by atoms with Gasteiger partial charge < -0.3 is 10.4 Å². The van der Waals surface area contributed by atoms with Crippen LogP contribution in [0.5, 0.6) is 0 Å². The van der Waals surface area contributed by atoms with Crippen molar-refractivity contribution < 1.29 is 18.7 Å². The second kappa shape index (κ2) is 6.44. The number of halogens is 2. The van der Waals surface area contributed by atoms with Crippen molar-refractivity contribution in [1.29, 1.82) is 0 Å². The minimum atomic E-state index is -2.48. The summed E-state index contributed by atoms with van der Waals surface area (Å²) in [5.41, 5.74) is 0.753. The average Bonchev–Trinajstić information content (AvgIpc) is 2.28. The number of hydrogen-bond donors (Lipinski definition) is 2. The molecule has 0 spiro atoms. The highest BCUT2D eigenvalue weighted by Crippen LogP contribution is 2.18. The molecule has 1 aromatic rings. The van der Waals surface area contributed by atoms with Crippen LogP contribution in [-0.2, 0) is 11.3 Å². The lowest BCUT2D eigenvalue weighted by Crippen LogP contribution is -2.40. The Morgan fingerprint density at radius 1 is 1.28 bits per heavy atom. The van der Waals surface area contributed by atoms with Gasteiger partial charge in [-0.05, 0) is 11.5 Å². The van der Waals surface area contributed by atoms with E-state index in [1.165, 1.54) is 12.1 Å². The van der Waals surface area contributed by atoms with Crippen molar-refractivity contribution in [2.24, 2.45) is 5.92 Å². The Morgan fingerprint density at radius 2 is 1.83 bits per heavy atom. The van der Waals surface area contributed by atoms with E-state index in [-0.39, 0.29) is 11.5 Å². The van der Waals surface area contributed by atoms with Gasteiger partial charge in [0.05, 0.1) is 0 Å². The predicted octanol–water partition coefficient (Wildman–Crippen LogP) is 2.82. The Kier molecular flexibility index (Phi) is 5.22. The topological polar surface area (TPSA) is 49.3 Å². The van der Waals surface area contributed by atoms with E-state index >= 15 is 0 Å². The highest BCUT2D eigenvalue weighted by Gasteiger charge is 2.20. The third-order valence-corrected chi connectivity index (χ3v) is 2.69. The van der Waals surface area contributed by atoms with Gasteiger partial charge in [-0.2, -0.15) is 0 Å². The molecule has 18 heavy (non-hydrogen) atoms. The highest BCUT2D eigenvalue weighted by atomic mass is 19.3. The van der Waals surface area contributed by atoms with Crippen LogP contribution in [0.2, 0.25) is 0 Å². The van der Waals surface area contributed by atoms with E-state index in [1.54, 1.807) is 12.1 Å². The molecule has 0 bridgehead atoms. The van der Waals surface area contributed by atoms with Crippen LogP contribution in [0.25, 0.3) is 0 Å². The van der Waals surface area contributed by atoms with Crippen LogP contribution in [0.1, 0.15) is 31.4 Å². The number of hydrogen-bond acceptors (Lipinski definition) is 2. The minimum absolute atomic E-state index is 0.0302. The summed E-state index contributed by atoms with van der Waals surface area (Å²) in [6, 6.07) is 5.22. The monoisotopic (exact) mass is 257 g/mol. The van der Waals surface area contributed by atoms with Crippen LogP contribution in [0.15, 0.2) is 24.3 Å². The van der Waals surface area contributed by atoms with Gasteiger partial charge >= 0.3 is 5.97 Å². The van der Waals surface area contributed by atoms with Crippen LogP contribution in [-0.4, -0.2) is 17.1 Å². The van der Waals surface area contributed by atoms with E-state index in [1.807, 2.05) is 13.8 Å². The third kappa shape index (κ3) is 4.07. The molecule has 0 aliphatic rings. The largest absolute Gasteiger partial charge is 0.480 e. The fourth-order valence-electron chi connectivity index (χ4n) is 1.62.